The number of rotatable bonds is 8. The third kappa shape index (κ3) is 6.78. The normalized spacial score (nSPS) is 11.9. The van der Waals surface area contributed by atoms with E-state index in [0.717, 1.165) is 0 Å². The second-order valence-corrected chi connectivity index (χ2v) is 8.13. The average Bonchev–Trinajstić information content (AvgIpc) is 2.61. The quantitative estimate of drug-likeness (QED) is 0.509. The van der Waals surface area contributed by atoms with Crippen LogP contribution in [0.3, 0.4) is 0 Å². The van der Waals surface area contributed by atoms with E-state index < -0.39 is 21.7 Å². The highest BCUT2D eigenvalue weighted by atomic mass is 32.2. The molecule has 144 valence electrons. The first-order valence-electron chi connectivity index (χ1n) is 7.94. The van der Waals surface area contributed by atoms with E-state index in [-0.39, 0.29) is 4.90 Å². The fourth-order valence-electron chi connectivity index (χ4n) is 2.11. The molecule has 0 atom stereocenters. The molecule has 5 nitrogen and oxygen atoms in total. The molecule has 0 bridgehead atoms. The minimum Gasteiger partial charge on any atom is -0.323 e. The van der Waals surface area contributed by atoms with Gasteiger partial charge in [0.05, 0.1) is 4.90 Å². The van der Waals surface area contributed by atoms with E-state index in [2.05, 4.69) is 10.0 Å². The Hall–Kier alpha value is -2.23. The van der Waals surface area contributed by atoms with E-state index in [1.807, 2.05) is 0 Å². The number of hydrogen-bond donors (Lipinski definition) is 2. The number of anilines is 1. The van der Waals surface area contributed by atoms with E-state index in [1.165, 1.54) is 42.5 Å². The van der Waals surface area contributed by atoms with Crippen LogP contribution < -0.4 is 10.0 Å². The maximum absolute atomic E-state index is 12.3. The van der Waals surface area contributed by atoms with Crippen LogP contribution in [0.25, 0.3) is 6.08 Å². The molecule has 0 fully saturated rings. The van der Waals surface area contributed by atoms with E-state index in [9.17, 15) is 22.0 Å². The lowest BCUT2D eigenvalue weighted by Gasteiger charge is -2.05. The minimum atomic E-state index is -3.51. The summed E-state index contributed by atoms with van der Waals surface area (Å²) in [7, 11) is -3.51. The van der Waals surface area contributed by atoms with Crippen LogP contribution in [-0.4, -0.2) is 26.6 Å². The van der Waals surface area contributed by atoms with Crippen LogP contribution in [-0.2, 0) is 14.8 Å². The Morgan fingerprint density at radius 1 is 1.11 bits per heavy atom. The van der Waals surface area contributed by atoms with Gasteiger partial charge in [-0.1, -0.05) is 30.8 Å². The van der Waals surface area contributed by atoms with Crippen LogP contribution in [0.2, 0.25) is 0 Å². The molecule has 0 aliphatic heterocycles. The van der Waals surface area contributed by atoms with Crippen LogP contribution in [0.5, 0.6) is 0 Å². The van der Waals surface area contributed by atoms with Crippen molar-refractivity contribution in [3.8, 4) is 0 Å². The molecule has 9 heteroatoms. The smallest absolute Gasteiger partial charge is 0.288 e. The molecular weight excluding hydrogens is 394 g/mol. The maximum Gasteiger partial charge on any atom is 0.288 e. The molecule has 2 aromatic rings. The largest absolute Gasteiger partial charge is 0.323 e. The van der Waals surface area contributed by atoms with Crippen molar-refractivity contribution in [3.05, 3.63) is 60.2 Å². The van der Waals surface area contributed by atoms with Gasteiger partial charge in [-0.25, -0.2) is 13.1 Å². The summed E-state index contributed by atoms with van der Waals surface area (Å²) in [4.78, 5) is 12.5. The highest BCUT2D eigenvalue weighted by Crippen LogP contribution is 2.26. The number of sulfonamides is 1. The number of carbonyl (C=O) groups is 1. The van der Waals surface area contributed by atoms with Gasteiger partial charge >= 0.3 is 0 Å². The standard InChI is InChI=1S/C18H18F2N2O3S2/c1-2-21-27(24,25)16-10-3-13(4-11-16)5-12-17(23)22-14-6-8-15(9-7-14)26-18(19)20/h3-12,18,21H,2H2,1H3,(H,22,23)/b12-5+. The van der Waals surface area contributed by atoms with E-state index in [1.54, 1.807) is 25.1 Å². The molecule has 0 aliphatic rings. The van der Waals surface area contributed by atoms with Crippen molar-refractivity contribution in [3.63, 3.8) is 0 Å². The van der Waals surface area contributed by atoms with Crippen LogP contribution in [0, 0.1) is 0 Å². The second kappa shape index (κ2) is 9.63. The highest BCUT2D eigenvalue weighted by Gasteiger charge is 2.11. The summed E-state index contributed by atoms with van der Waals surface area (Å²) in [5, 5.41) is 2.62. The molecule has 0 spiro atoms. The van der Waals surface area contributed by atoms with Crippen molar-refractivity contribution in [1.29, 1.82) is 0 Å². The zero-order valence-electron chi connectivity index (χ0n) is 14.4. The molecule has 0 heterocycles. The maximum atomic E-state index is 12.3. The van der Waals surface area contributed by atoms with E-state index in [0.29, 0.717) is 34.5 Å². The van der Waals surface area contributed by atoms with Gasteiger partial charge in [-0.05, 0) is 48.0 Å². The summed E-state index contributed by atoms with van der Waals surface area (Å²) in [5.74, 6) is -2.89. The van der Waals surface area contributed by atoms with Crippen LogP contribution in [0.15, 0.2) is 64.4 Å². The second-order valence-electron chi connectivity index (χ2n) is 5.30. The molecule has 2 N–H and O–H groups in total. The Kier molecular flexibility index (Phi) is 7.52. The summed E-state index contributed by atoms with van der Waals surface area (Å²) in [6.45, 7) is 1.99. The minimum absolute atomic E-state index is 0.146. The molecule has 0 radical (unpaired) electrons. The number of halogens is 2. The summed E-state index contributed by atoms with van der Waals surface area (Å²) in [5.41, 5.74) is 1.14. The van der Waals surface area contributed by atoms with Gasteiger partial charge in [0.25, 0.3) is 5.76 Å². The topological polar surface area (TPSA) is 75.3 Å². The van der Waals surface area contributed by atoms with E-state index in [4.69, 9.17) is 0 Å². The number of nitrogens with one attached hydrogen (secondary N) is 2. The van der Waals surface area contributed by atoms with Gasteiger partial charge in [-0.3, -0.25) is 4.79 Å². The third-order valence-corrected chi connectivity index (χ3v) is 5.58. The Balaban J connectivity index is 1.96. The molecule has 0 aromatic heterocycles. The van der Waals surface area contributed by atoms with Crippen molar-refractivity contribution in [2.75, 3.05) is 11.9 Å². The van der Waals surface area contributed by atoms with Crippen molar-refractivity contribution in [2.24, 2.45) is 0 Å². The average molecular weight is 412 g/mol. The van der Waals surface area contributed by atoms with Gasteiger partial charge in [0, 0.05) is 23.2 Å². The van der Waals surface area contributed by atoms with Gasteiger partial charge in [-0.2, -0.15) is 8.78 Å². The summed E-state index contributed by atoms with van der Waals surface area (Å²) in [6, 6.07) is 12.2. The molecule has 0 unspecified atom stereocenters. The lowest BCUT2D eigenvalue weighted by molar-refractivity contribution is -0.111. The van der Waals surface area contributed by atoms with Gasteiger partial charge in [-0.15, -0.1) is 0 Å². The lowest BCUT2D eigenvalue weighted by Crippen LogP contribution is -2.22. The van der Waals surface area contributed by atoms with Gasteiger partial charge in [0.1, 0.15) is 0 Å². The van der Waals surface area contributed by atoms with Crippen LogP contribution in [0.4, 0.5) is 14.5 Å². The number of hydrogen-bond acceptors (Lipinski definition) is 4. The molecule has 0 aliphatic carbocycles. The zero-order chi connectivity index (χ0) is 19.9. The van der Waals surface area contributed by atoms with Crippen LogP contribution in [0.1, 0.15) is 12.5 Å². The molecule has 2 rings (SSSR count). The number of amides is 1. The first-order valence-corrected chi connectivity index (χ1v) is 10.3. The van der Waals surface area contributed by atoms with Crippen molar-refractivity contribution >= 4 is 39.5 Å². The number of carbonyl (C=O) groups excluding carboxylic acids is 1. The van der Waals surface area contributed by atoms with Gasteiger partial charge < -0.3 is 5.32 Å². The molecule has 27 heavy (non-hydrogen) atoms. The number of alkyl halides is 2. The molecule has 0 saturated heterocycles. The SMILES string of the molecule is CCNS(=O)(=O)c1ccc(/C=C/C(=O)Nc2ccc(SC(F)F)cc2)cc1. The molecular formula is C18H18F2N2O3S2. The first kappa shape index (κ1) is 21.1. The zero-order valence-corrected chi connectivity index (χ0v) is 16.0. The van der Waals surface area contributed by atoms with Crippen molar-refractivity contribution < 1.29 is 22.0 Å². The number of benzene rings is 2. The van der Waals surface area contributed by atoms with Gasteiger partial charge in [0.15, 0.2) is 0 Å². The Morgan fingerprint density at radius 2 is 1.74 bits per heavy atom. The monoisotopic (exact) mass is 412 g/mol. The fraction of sp³-hybridized carbons (Fsp3) is 0.167. The molecule has 2 aromatic carbocycles. The van der Waals surface area contributed by atoms with Crippen molar-refractivity contribution in [2.45, 2.75) is 22.5 Å². The lowest BCUT2D eigenvalue weighted by atomic mass is 10.2. The summed E-state index contributed by atoms with van der Waals surface area (Å²) >= 11 is 0.432. The Bertz CT molecular complexity index is 897. The summed E-state index contributed by atoms with van der Waals surface area (Å²) < 4.78 is 50.7. The van der Waals surface area contributed by atoms with Crippen molar-refractivity contribution in [1.82, 2.24) is 4.72 Å². The first-order chi connectivity index (χ1) is 12.8. The van der Waals surface area contributed by atoms with E-state index >= 15 is 0 Å². The molecule has 1 amide bonds. The highest BCUT2D eigenvalue weighted by molar-refractivity contribution is 7.99. The van der Waals surface area contributed by atoms with Crippen LogP contribution >= 0.6 is 11.8 Å². The van der Waals surface area contributed by atoms with Gasteiger partial charge in [0.2, 0.25) is 15.9 Å². The third-order valence-electron chi connectivity index (χ3n) is 3.30. The molecule has 0 saturated carbocycles. The Labute approximate surface area is 160 Å². The number of thioether (sulfide) groups is 1. The Morgan fingerprint density at radius 3 is 2.30 bits per heavy atom. The predicted molar refractivity (Wildman–Crippen MR) is 103 cm³/mol. The summed E-state index contributed by atoms with van der Waals surface area (Å²) in [6.07, 6.45) is 2.84. The predicted octanol–water partition coefficient (Wildman–Crippen LogP) is 3.95. The fourth-order valence-corrected chi connectivity index (χ4v) is 3.65.